The summed E-state index contributed by atoms with van der Waals surface area (Å²) in [4.78, 5) is 16.3. The fourth-order valence-corrected chi connectivity index (χ4v) is 2.81. The number of fused-ring (bicyclic) bond motifs is 1. The number of para-hydroxylation sites is 2. The lowest BCUT2D eigenvalue weighted by atomic mass is 10.1. The summed E-state index contributed by atoms with van der Waals surface area (Å²) in [6.07, 6.45) is 3.34. The second-order valence-corrected chi connectivity index (χ2v) is 6.13. The van der Waals surface area contributed by atoms with Gasteiger partial charge >= 0.3 is 0 Å². The quantitative estimate of drug-likeness (QED) is 0.587. The third kappa shape index (κ3) is 5.20. The Kier molecular flexibility index (Phi) is 6.63. The van der Waals surface area contributed by atoms with Crippen LogP contribution in [-0.2, 0) is 11.2 Å². The van der Waals surface area contributed by atoms with Gasteiger partial charge in [-0.3, -0.25) is 9.78 Å². The first kappa shape index (κ1) is 18.7. The maximum atomic E-state index is 11.9. The van der Waals surface area contributed by atoms with E-state index in [9.17, 15) is 4.79 Å². The van der Waals surface area contributed by atoms with Crippen LogP contribution in [0.25, 0.3) is 10.9 Å². The molecule has 0 aliphatic rings. The molecule has 1 N–H and O–H groups in total. The summed E-state index contributed by atoms with van der Waals surface area (Å²) in [5, 5.41) is 3.90. The largest absolute Gasteiger partial charge is 0.491 e. The molecule has 0 aliphatic heterocycles. The Hall–Kier alpha value is -3.08. The number of hydrogen-bond acceptors (Lipinski definition) is 4. The van der Waals surface area contributed by atoms with Crippen LogP contribution in [0.4, 0.5) is 0 Å². The smallest absolute Gasteiger partial charge is 0.257 e. The van der Waals surface area contributed by atoms with Crippen LogP contribution in [0, 0.1) is 0 Å². The zero-order valence-corrected chi connectivity index (χ0v) is 15.5. The second kappa shape index (κ2) is 9.57. The zero-order chi connectivity index (χ0) is 18.9. The third-order valence-corrected chi connectivity index (χ3v) is 4.21. The fraction of sp³-hybridized carbons (Fsp3) is 0.273. The highest BCUT2D eigenvalue weighted by atomic mass is 16.5. The Morgan fingerprint density at radius 2 is 1.81 bits per heavy atom. The van der Waals surface area contributed by atoms with E-state index in [0.29, 0.717) is 19.6 Å². The summed E-state index contributed by atoms with van der Waals surface area (Å²) < 4.78 is 11.4. The Bertz CT molecular complexity index is 890. The predicted molar refractivity (Wildman–Crippen MR) is 106 cm³/mol. The Morgan fingerprint density at radius 3 is 2.70 bits per heavy atom. The number of carbonyl (C=O) groups excluding carboxylic acids is 1. The molecule has 0 saturated heterocycles. The van der Waals surface area contributed by atoms with Crippen molar-refractivity contribution in [1.29, 1.82) is 0 Å². The van der Waals surface area contributed by atoms with Crippen molar-refractivity contribution in [2.45, 2.75) is 19.8 Å². The number of ether oxygens (including phenoxy) is 2. The lowest BCUT2D eigenvalue weighted by Gasteiger charge is -2.11. The average Bonchev–Trinajstić information content (AvgIpc) is 2.72. The topological polar surface area (TPSA) is 60.5 Å². The minimum atomic E-state index is -0.132. The maximum Gasteiger partial charge on any atom is 0.257 e. The van der Waals surface area contributed by atoms with E-state index in [0.717, 1.165) is 34.4 Å². The van der Waals surface area contributed by atoms with Crippen LogP contribution in [0.15, 0.2) is 60.8 Å². The van der Waals surface area contributed by atoms with Crippen molar-refractivity contribution in [1.82, 2.24) is 10.3 Å². The number of nitrogens with one attached hydrogen (secondary N) is 1. The summed E-state index contributed by atoms with van der Waals surface area (Å²) in [6.45, 7) is 3.13. The van der Waals surface area contributed by atoms with E-state index in [-0.39, 0.29) is 12.5 Å². The van der Waals surface area contributed by atoms with Gasteiger partial charge in [0.2, 0.25) is 0 Å². The minimum absolute atomic E-state index is 0.0190. The van der Waals surface area contributed by atoms with Crippen molar-refractivity contribution in [2.24, 2.45) is 0 Å². The van der Waals surface area contributed by atoms with E-state index in [2.05, 4.69) is 17.2 Å². The molecule has 0 atom stereocenters. The van der Waals surface area contributed by atoms with E-state index in [1.165, 1.54) is 0 Å². The van der Waals surface area contributed by atoms with Gasteiger partial charge < -0.3 is 14.8 Å². The van der Waals surface area contributed by atoms with Crippen LogP contribution >= 0.6 is 0 Å². The predicted octanol–water partition coefficient (Wildman–Crippen LogP) is 3.76. The van der Waals surface area contributed by atoms with Crippen LogP contribution < -0.4 is 14.8 Å². The summed E-state index contributed by atoms with van der Waals surface area (Å²) in [5.74, 6) is 1.40. The van der Waals surface area contributed by atoms with Crippen molar-refractivity contribution in [3.8, 4) is 11.5 Å². The maximum absolute atomic E-state index is 11.9. The summed E-state index contributed by atoms with van der Waals surface area (Å²) in [5.41, 5.74) is 1.95. The van der Waals surface area contributed by atoms with E-state index in [4.69, 9.17) is 9.47 Å². The molecule has 0 bridgehead atoms. The first-order chi connectivity index (χ1) is 13.3. The number of hydrogen-bond donors (Lipinski definition) is 1. The van der Waals surface area contributed by atoms with Gasteiger partial charge in [0, 0.05) is 18.1 Å². The average molecular weight is 364 g/mol. The van der Waals surface area contributed by atoms with Gasteiger partial charge in [-0.2, -0.15) is 0 Å². The number of carbonyl (C=O) groups is 1. The second-order valence-electron chi connectivity index (χ2n) is 6.13. The zero-order valence-electron chi connectivity index (χ0n) is 15.5. The van der Waals surface area contributed by atoms with Gasteiger partial charge in [0.15, 0.2) is 6.61 Å². The van der Waals surface area contributed by atoms with Crippen molar-refractivity contribution < 1.29 is 14.3 Å². The van der Waals surface area contributed by atoms with Gasteiger partial charge in [0.25, 0.3) is 5.91 Å². The van der Waals surface area contributed by atoms with Crippen molar-refractivity contribution in [2.75, 3.05) is 19.8 Å². The molecule has 27 heavy (non-hydrogen) atoms. The molecule has 1 amide bonds. The molecule has 5 heteroatoms. The normalized spacial score (nSPS) is 10.6. The SMILES string of the molecule is CCc1ccccc1OCC(=O)NCCCOc1cccc2cccnc12. The van der Waals surface area contributed by atoms with Crippen LogP contribution in [-0.4, -0.2) is 30.6 Å². The van der Waals surface area contributed by atoms with Gasteiger partial charge in [-0.25, -0.2) is 0 Å². The molecule has 140 valence electrons. The first-order valence-electron chi connectivity index (χ1n) is 9.22. The monoisotopic (exact) mass is 364 g/mol. The van der Waals surface area contributed by atoms with Crippen LogP contribution in [0.5, 0.6) is 11.5 Å². The molecule has 1 aromatic heterocycles. The standard InChI is InChI=1S/C22H24N2O3/c1-2-17-8-3-4-11-19(17)27-16-21(25)23-14-7-15-26-20-12-5-9-18-10-6-13-24-22(18)20/h3-6,8-13H,2,7,14-16H2,1H3,(H,23,25). The number of aryl methyl sites for hydroxylation is 1. The highest BCUT2D eigenvalue weighted by Crippen LogP contribution is 2.22. The lowest BCUT2D eigenvalue weighted by molar-refractivity contribution is -0.123. The number of pyridine rings is 1. The highest BCUT2D eigenvalue weighted by Gasteiger charge is 2.06. The molecule has 5 nitrogen and oxygen atoms in total. The van der Waals surface area contributed by atoms with Crippen LogP contribution in [0.2, 0.25) is 0 Å². The highest BCUT2D eigenvalue weighted by molar-refractivity contribution is 5.84. The van der Waals surface area contributed by atoms with Gasteiger partial charge in [-0.15, -0.1) is 0 Å². The van der Waals surface area contributed by atoms with Crippen molar-refractivity contribution in [3.05, 3.63) is 66.4 Å². The van der Waals surface area contributed by atoms with Gasteiger partial charge in [-0.05, 0) is 36.6 Å². The number of benzene rings is 2. The minimum Gasteiger partial charge on any atom is -0.491 e. The third-order valence-electron chi connectivity index (χ3n) is 4.21. The Balaban J connectivity index is 1.38. The first-order valence-corrected chi connectivity index (χ1v) is 9.22. The molecule has 1 heterocycles. The molecular formula is C22H24N2O3. The number of nitrogens with zero attached hydrogens (tertiary/aromatic N) is 1. The van der Waals surface area contributed by atoms with E-state index >= 15 is 0 Å². The molecule has 0 spiro atoms. The van der Waals surface area contributed by atoms with E-state index in [1.54, 1.807) is 6.20 Å². The Labute approximate surface area is 159 Å². The molecule has 0 radical (unpaired) electrons. The number of aromatic nitrogens is 1. The molecule has 0 unspecified atom stereocenters. The van der Waals surface area contributed by atoms with Gasteiger partial charge in [0.05, 0.1) is 6.61 Å². The summed E-state index contributed by atoms with van der Waals surface area (Å²) >= 11 is 0. The number of rotatable bonds is 9. The van der Waals surface area contributed by atoms with Gasteiger partial charge in [-0.1, -0.05) is 43.3 Å². The molecular weight excluding hydrogens is 340 g/mol. The summed E-state index contributed by atoms with van der Waals surface area (Å²) in [7, 11) is 0. The molecule has 0 saturated carbocycles. The molecule has 0 aliphatic carbocycles. The van der Waals surface area contributed by atoms with Crippen LogP contribution in [0.3, 0.4) is 0 Å². The fourth-order valence-electron chi connectivity index (χ4n) is 2.81. The summed E-state index contributed by atoms with van der Waals surface area (Å²) in [6, 6.07) is 17.5. The van der Waals surface area contributed by atoms with Crippen LogP contribution in [0.1, 0.15) is 18.9 Å². The number of amides is 1. The molecule has 0 fully saturated rings. The van der Waals surface area contributed by atoms with Gasteiger partial charge in [0.1, 0.15) is 17.0 Å². The van der Waals surface area contributed by atoms with Crippen molar-refractivity contribution >= 4 is 16.8 Å². The van der Waals surface area contributed by atoms with E-state index < -0.39 is 0 Å². The molecule has 3 rings (SSSR count). The van der Waals surface area contributed by atoms with Crippen molar-refractivity contribution in [3.63, 3.8) is 0 Å². The molecule has 2 aromatic carbocycles. The molecule has 3 aromatic rings. The van der Waals surface area contributed by atoms with E-state index in [1.807, 2.05) is 54.6 Å². The Morgan fingerprint density at radius 1 is 1.00 bits per heavy atom. The lowest BCUT2D eigenvalue weighted by Crippen LogP contribution is -2.30.